The number of hydrogen-bond donors (Lipinski definition) is 0. The van der Waals surface area contributed by atoms with Gasteiger partial charge >= 0.3 is 0 Å². The van der Waals surface area contributed by atoms with Crippen LogP contribution in [0.4, 0.5) is 5.69 Å². The Morgan fingerprint density at radius 1 is 1.37 bits per heavy atom. The molecule has 0 saturated heterocycles. The summed E-state index contributed by atoms with van der Waals surface area (Å²) in [5.74, 6) is 0.178. The Kier molecular flexibility index (Phi) is 3.68. The summed E-state index contributed by atoms with van der Waals surface area (Å²) < 4.78 is 5.55. The van der Waals surface area contributed by atoms with Crippen LogP contribution in [0, 0.1) is 21.4 Å². The van der Waals surface area contributed by atoms with E-state index in [1.165, 1.54) is 30.6 Å². The standard InChI is InChI=1S/C11H5BrN4O3/c12-10-8(16(17)18)2-1-3-9(10)19-11-7(6-13)14-4-5-15-11/h1-5H. The van der Waals surface area contributed by atoms with Gasteiger partial charge in [-0.2, -0.15) is 5.26 Å². The van der Waals surface area contributed by atoms with E-state index in [-0.39, 0.29) is 27.5 Å². The summed E-state index contributed by atoms with van der Waals surface area (Å²) in [5.41, 5.74) is -0.138. The number of rotatable bonds is 3. The van der Waals surface area contributed by atoms with Crippen molar-refractivity contribution in [3.8, 4) is 17.7 Å². The molecule has 1 aromatic heterocycles. The minimum absolute atomic E-state index is 0.000839. The maximum Gasteiger partial charge on any atom is 0.287 e. The second-order valence-electron chi connectivity index (χ2n) is 3.27. The van der Waals surface area contributed by atoms with Gasteiger partial charge in [0.15, 0.2) is 5.75 Å². The SMILES string of the molecule is N#Cc1nccnc1Oc1cccc([N+](=O)[O-])c1Br. The van der Waals surface area contributed by atoms with Crippen LogP contribution in [-0.4, -0.2) is 14.9 Å². The molecule has 0 radical (unpaired) electrons. The first-order valence-electron chi connectivity index (χ1n) is 4.95. The lowest BCUT2D eigenvalue weighted by Gasteiger charge is -2.07. The predicted molar refractivity (Wildman–Crippen MR) is 67.6 cm³/mol. The smallest absolute Gasteiger partial charge is 0.287 e. The second-order valence-corrected chi connectivity index (χ2v) is 4.06. The maximum absolute atomic E-state index is 10.8. The van der Waals surface area contributed by atoms with Crippen molar-refractivity contribution in [2.75, 3.05) is 0 Å². The zero-order valence-electron chi connectivity index (χ0n) is 9.28. The fraction of sp³-hybridized carbons (Fsp3) is 0. The molecule has 8 heteroatoms. The zero-order chi connectivity index (χ0) is 13.8. The number of nitrogens with zero attached hydrogens (tertiary/aromatic N) is 4. The summed E-state index contributed by atoms with van der Waals surface area (Å²) in [6.45, 7) is 0. The average Bonchev–Trinajstić information content (AvgIpc) is 2.41. The molecular weight excluding hydrogens is 316 g/mol. The van der Waals surface area contributed by atoms with Crippen LogP contribution in [0.5, 0.6) is 11.6 Å². The van der Waals surface area contributed by atoms with Gasteiger partial charge in [0.2, 0.25) is 5.69 Å². The van der Waals surface area contributed by atoms with Crippen molar-refractivity contribution in [3.05, 3.63) is 50.9 Å². The summed E-state index contributed by atoms with van der Waals surface area (Å²) in [4.78, 5) is 17.9. The molecule has 0 aliphatic heterocycles. The summed E-state index contributed by atoms with van der Waals surface area (Å²) in [6, 6.07) is 6.15. The van der Waals surface area contributed by atoms with Crippen LogP contribution in [0.2, 0.25) is 0 Å². The molecule has 0 N–H and O–H groups in total. The molecule has 2 aromatic rings. The van der Waals surface area contributed by atoms with Gasteiger partial charge in [-0.05, 0) is 22.0 Å². The zero-order valence-corrected chi connectivity index (χ0v) is 10.9. The van der Waals surface area contributed by atoms with Crippen molar-refractivity contribution in [1.29, 1.82) is 5.26 Å². The molecule has 0 bridgehead atoms. The van der Waals surface area contributed by atoms with E-state index in [1.807, 2.05) is 6.07 Å². The van der Waals surface area contributed by atoms with E-state index in [0.29, 0.717) is 0 Å². The summed E-state index contributed by atoms with van der Waals surface area (Å²) >= 11 is 3.09. The first-order chi connectivity index (χ1) is 9.13. The molecule has 0 aliphatic carbocycles. The molecule has 0 atom stereocenters. The third kappa shape index (κ3) is 2.66. The normalized spacial score (nSPS) is 9.68. The van der Waals surface area contributed by atoms with Crippen LogP contribution in [0.15, 0.2) is 35.1 Å². The average molecular weight is 321 g/mol. The van der Waals surface area contributed by atoms with Crippen LogP contribution >= 0.6 is 15.9 Å². The Morgan fingerprint density at radius 3 is 2.79 bits per heavy atom. The summed E-state index contributed by atoms with van der Waals surface area (Å²) in [5, 5.41) is 19.6. The minimum atomic E-state index is -0.543. The number of aromatic nitrogens is 2. The van der Waals surface area contributed by atoms with Crippen LogP contribution in [-0.2, 0) is 0 Å². The highest BCUT2D eigenvalue weighted by atomic mass is 79.9. The lowest BCUT2D eigenvalue weighted by atomic mass is 10.3. The fourth-order valence-electron chi connectivity index (χ4n) is 1.30. The molecule has 0 fully saturated rings. The molecular formula is C11H5BrN4O3. The van der Waals surface area contributed by atoms with E-state index < -0.39 is 4.92 Å². The fourth-order valence-corrected chi connectivity index (χ4v) is 1.79. The van der Waals surface area contributed by atoms with E-state index in [2.05, 4.69) is 25.9 Å². The van der Waals surface area contributed by atoms with Crippen molar-refractivity contribution in [3.63, 3.8) is 0 Å². The van der Waals surface area contributed by atoms with Gasteiger partial charge < -0.3 is 4.74 Å². The highest BCUT2D eigenvalue weighted by Crippen LogP contribution is 2.36. The molecule has 0 spiro atoms. The third-order valence-corrected chi connectivity index (χ3v) is 2.91. The van der Waals surface area contributed by atoms with Crippen LogP contribution < -0.4 is 4.74 Å². The number of hydrogen-bond acceptors (Lipinski definition) is 6. The van der Waals surface area contributed by atoms with E-state index in [4.69, 9.17) is 10.00 Å². The lowest BCUT2D eigenvalue weighted by molar-refractivity contribution is -0.385. The van der Waals surface area contributed by atoms with Crippen molar-refractivity contribution in [2.45, 2.75) is 0 Å². The summed E-state index contributed by atoms with van der Waals surface area (Å²) in [6.07, 6.45) is 2.72. The van der Waals surface area contributed by atoms with Crippen molar-refractivity contribution in [2.24, 2.45) is 0 Å². The molecule has 1 heterocycles. The minimum Gasteiger partial charge on any atom is -0.435 e. The maximum atomic E-state index is 10.8. The van der Waals surface area contributed by atoms with Crippen molar-refractivity contribution >= 4 is 21.6 Å². The molecule has 94 valence electrons. The Labute approximate surface area is 115 Å². The van der Waals surface area contributed by atoms with Gasteiger partial charge in [0.1, 0.15) is 10.5 Å². The van der Waals surface area contributed by atoms with Gasteiger partial charge in [0, 0.05) is 18.5 Å². The quantitative estimate of drug-likeness (QED) is 0.636. The Balaban J connectivity index is 2.42. The largest absolute Gasteiger partial charge is 0.435 e. The topological polar surface area (TPSA) is 102 Å². The number of ether oxygens (including phenoxy) is 1. The second kappa shape index (κ2) is 5.41. The molecule has 0 amide bonds. The number of halogens is 1. The molecule has 2 rings (SSSR count). The molecule has 0 unspecified atom stereocenters. The third-order valence-electron chi connectivity index (χ3n) is 2.12. The van der Waals surface area contributed by atoms with Gasteiger partial charge in [-0.3, -0.25) is 10.1 Å². The Bertz CT molecular complexity index is 684. The molecule has 7 nitrogen and oxygen atoms in total. The van der Waals surface area contributed by atoms with E-state index >= 15 is 0 Å². The van der Waals surface area contributed by atoms with Gasteiger partial charge in [-0.1, -0.05) is 6.07 Å². The van der Waals surface area contributed by atoms with E-state index in [0.717, 1.165) is 0 Å². The molecule has 19 heavy (non-hydrogen) atoms. The van der Waals surface area contributed by atoms with E-state index in [9.17, 15) is 10.1 Å². The Hall–Kier alpha value is -2.53. The molecule has 0 saturated carbocycles. The van der Waals surface area contributed by atoms with Crippen molar-refractivity contribution < 1.29 is 9.66 Å². The van der Waals surface area contributed by atoms with E-state index in [1.54, 1.807) is 0 Å². The monoisotopic (exact) mass is 320 g/mol. The first-order valence-corrected chi connectivity index (χ1v) is 5.74. The van der Waals surface area contributed by atoms with Crippen molar-refractivity contribution in [1.82, 2.24) is 9.97 Å². The van der Waals surface area contributed by atoms with Crippen LogP contribution in [0.1, 0.15) is 5.69 Å². The summed E-state index contributed by atoms with van der Waals surface area (Å²) in [7, 11) is 0. The van der Waals surface area contributed by atoms with Crippen LogP contribution in [0.3, 0.4) is 0 Å². The highest BCUT2D eigenvalue weighted by molar-refractivity contribution is 9.10. The number of benzene rings is 1. The predicted octanol–water partition coefficient (Wildman–Crippen LogP) is 2.81. The lowest BCUT2D eigenvalue weighted by Crippen LogP contribution is -1.96. The number of nitro groups is 1. The Morgan fingerprint density at radius 2 is 2.11 bits per heavy atom. The molecule has 1 aromatic carbocycles. The highest BCUT2D eigenvalue weighted by Gasteiger charge is 2.17. The first kappa shape index (κ1) is 12.9. The van der Waals surface area contributed by atoms with Gasteiger partial charge in [-0.15, -0.1) is 0 Å². The van der Waals surface area contributed by atoms with Gasteiger partial charge in [0.25, 0.3) is 11.6 Å². The van der Waals surface area contributed by atoms with Gasteiger partial charge in [-0.25, -0.2) is 9.97 Å². The van der Waals surface area contributed by atoms with Crippen LogP contribution in [0.25, 0.3) is 0 Å². The molecule has 0 aliphatic rings. The van der Waals surface area contributed by atoms with Gasteiger partial charge in [0.05, 0.1) is 4.92 Å². The number of nitro benzene ring substituents is 1. The number of nitriles is 1.